The van der Waals surface area contributed by atoms with E-state index in [1.165, 1.54) is 0 Å². The van der Waals surface area contributed by atoms with E-state index in [1.807, 2.05) is 24.3 Å². The zero-order chi connectivity index (χ0) is 21.7. The van der Waals surface area contributed by atoms with E-state index in [0.29, 0.717) is 35.1 Å². The number of carbonyl (C=O) groups excluding carboxylic acids is 1. The minimum atomic E-state index is -3.65. The smallest absolute Gasteiger partial charge is 0.226 e. The Kier molecular flexibility index (Phi) is 7.10. The number of halogens is 1. The first-order valence-electron chi connectivity index (χ1n) is 9.33. The fourth-order valence-corrected chi connectivity index (χ4v) is 4.84. The maximum atomic E-state index is 12.5. The normalized spacial score (nSPS) is 11.4. The molecular formula is C22H22BrNO5S. The van der Waals surface area contributed by atoms with Gasteiger partial charge in [-0.25, -0.2) is 13.4 Å². The van der Waals surface area contributed by atoms with Crippen molar-refractivity contribution in [1.82, 2.24) is 4.98 Å². The third kappa shape index (κ3) is 6.03. The first-order valence-corrected chi connectivity index (χ1v) is 11.9. The highest BCUT2D eigenvalue weighted by molar-refractivity contribution is 9.10. The number of ketones is 1. The number of ether oxygens (including phenoxy) is 1. The van der Waals surface area contributed by atoms with Crippen LogP contribution in [0, 0.1) is 6.92 Å². The predicted molar refractivity (Wildman–Crippen MR) is 118 cm³/mol. The molecule has 0 spiro atoms. The Bertz CT molecular complexity index is 1140. The summed E-state index contributed by atoms with van der Waals surface area (Å²) in [7, 11) is -2.07. The van der Waals surface area contributed by atoms with Crippen molar-refractivity contribution in [1.29, 1.82) is 0 Å². The van der Waals surface area contributed by atoms with Gasteiger partial charge in [-0.3, -0.25) is 4.79 Å². The Balaban J connectivity index is 1.63. The van der Waals surface area contributed by atoms with Crippen molar-refractivity contribution in [3.05, 3.63) is 70.0 Å². The lowest BCUT2D eigenvalue weighted by Crippen LogP contribution is -2.18. The standard InChI is InChI=1S/C22H22BrNO5S/c1-15-21(24-22(29-15)17-7-10-20(28-2)11-8-17)14-30(26,27)13-19(25)9-6-16-4-3-5-18(23)12-16/h3-5,7-8,10-12H,6,9,13-14H2,1-2H3. The number of hydrogen-bond acceptors (Lipinski definition) is 6. The Morgan fingerprint density at radius 3 is 2.57 bits per heavy atom. The second-order valence-electron chi connectivity index (χ2n) is 6.95. The van der Waals surface area contributed by atoms with E-state index in [4.69, 9.17) is 9.15 Å². The minimum Gasteiger partial charge on any atom is -0.497 e. The summed E-state index contributed by atoms with van der Waals surface area (Å²) in [6, 6.07) is 14.7. The molecule has 0 atom stereocenters. The van der Waals surface area contributed by atoms with Gasteiger partial charge in [0.05, 0.1) is 18.6 Å². The van der Waals surface area contributed by atoms with Crippen LogP contribution in [0.15, 0.2) is 57.4 Å². The Labute approximate surface area is 184 Å². The van der Waals surface area contributed by atoms with Crippen LogP contribution in [0.2, 0.25) is 0 Å². The summed E-state index contributed by atoms with van der Waals surface area (Å²) in [4.78, 5) is 16.6. The number of sulfone groups is 1. The number of Topliss-reactive ketones (excluding diaryl/α,β-unsaturated/α-hetero) is 1. The molecule has 1 aromatic heterocycles. The largest absolute Gasteiger partial charge is 0.497 e. The molecule has 0 N–H and O–H groups in total. The van der Waals surface area contributed by atoms with E-state index >= 15 is 0 Å². The maximum absolute atomic E-state index is 12.5. The first kappa shape index (κ1) is 22.2. The second kappa shape index (κ2) is 9.57. The SMILES string of the molecule is COc1ccc(-c2nc(CS(=O)(=O)CC(=O)CCc3cccc(Br)c3)c(C)o2)cc1. The van der Waals surface area contributed by atoms with Gasteiger partial charge in [0.1, 0.15) is 23.0 Å². The van der Waals surface area contributed by atoms with Gasteiger partial charge in [-0.1, -0.05) is 28.1 Å². The number of hydrogen-bond donors (Lipinski definition) is 0. The number of rotatable bonds is 9. The summed E-state index contributed by atoms with van der Waals surface area (Å²) in [5.74, 6) is 0.303. The van der Waals surface area contributed by atoms with Gasteiger partial charge in [0.2, 0.25) is 5.89 Å². The molecule has 1 heterocycles. The molecule has 3 aromatic rings. The van der Waals surface area contributed by atoms with Crippen LogP contribution < -0.4 is 4.74 Å². The highest BCUT2D eigenvalue weighted by Crippen LogP contribution is 2.25. The molecule has 3 rings (SSSR count). The summed E-state index contributed by atoms with van der Waals surface area (Å²) in [6.45, 7) is 1.67. The average Bonchev–Trinajstić information content (AvgIpc) is 3.06. The summed E-state index contributed by atoms with van der Waals surface area (Å²) in [5, 5.41) is 0. The van der Waals surface area contributed by atoms with Crippen LogP contribution in [-0.2, 0) is 26.8 Å². The van der Waals surface area contributed by atoms with Gasteiger partial charge in [0, 0.05) is 16.5 Å². The molecule has 8 heteroatoms. The van der Waals surface area contributed by atoms with E-state index in [-0.39, 0.29) is 18.0 Å². The Hall–Kier alpha value is -2.45. The topological polar surface area (TPSA) is 86.5 Å². The highest BCUT2D eigenvalue weighted by Gasteiger charge is 2.22. The van der Waals surface area contributed by atoms with E-state index in [2.05, 4.69) is 20.9 Å². The molecule has 0 bridgehead atoms. The average molecular weight is 492 g/mol. The first-order chi connectivity index (χ1) is 14.3. The fraction of sp³-hybridized carbons (Fsp3) is 0.273. The van der Waals surface area contributed by atoms with Crippen molar-refractivity contribution >= 4 is 31.6 Å². The Morgan fingerprint density at radius 1 is 1.17 bits per heavy atom. The van der Waals surface area contributed by atoms with Gasteiger partial charge in [-0.15, -0.1) is 0 Å². The van der Waals surface area contributed by atoms with Crippen molar-refractivity contribution in [2.24, 2.45) is 0 Å². The number of aryl methyl sites for hydroxylation is 2. The third-order valence-corrected chi connectivity index (χ3v) is 6.52. The fourth-order valence-electron chi connectivity index (χ4n) is 2.97. The van der Waals surface area contributed by atoms with E-state index in [0.717, 1.165) is 10.0 Å². The van der Waals surface area contributed by atoms with Gasteiger partial charge < -0.3 is 9.15 Å². The van der Waals surface area contributed by atoms with Gasteiger partial charge >= 0.3 is 0 Å². The highest BCUT2D eigenvalue weighted by atomic mass is 79.9. The number of methoxy groups -OCH3 is 1. The molecule has 2 aromatic carbocycles. The number of benzene rings is 2. The molecule has 0 fully saturated rings. The minimum absolute atomic E-state index is 0.171. The molecular weight excluding hydrogens is 470 g/mol. The monoisotopic (exact) mass is 491 g/mol. The molecule has 6 nitrogen and oxygen atoms in total. The quantitative estimate of drug-likeness (QED) is 0.436. The van der Waals surface area contributed by atoms with E-state index < -0.39 is 15.6 Å². The second-order valence-corrected chi connectivity index (χ2v) is 9.93. The molecule has 0 aliphatic carbocycles. The lowest BCUT2D eigenvalue weighted by Gasteiger charge is -2.04. The van der Waals surface area contributed by atoms with Crippen LogP contribution in [0.3, 0.4) is 0 Å². The van der Waals surface area contributed by atoms with Crippen LogP contribution in [-0.4, -0.2) is 32.0 Å². The van der Waals surface area contributed by atoms with E-state index in [9.17, 15) is 13.2 Å². The molecule has 30 heavy (non-hydrogen) atoms. The molecule has 0 saturated carbocycles. The summed E-state index contributed by atoms with van der Waals surface area (Å²) in [6.07, 6.45) is 0.670. The molecule has 0 radical (unpaired) electrons. The summed E-state index contributed by atoms with van der Waals surface area (Å²) >= 11 is 3.38. The zero-order valence-electron chi connectivity index (χ0n) is 16.7. The number of oxazole rings is 1. The summed E-state index contributed by atoms with van der Waals surface area (Å²) in [5.41, 5.74) is 2.01. The van der Waals surface area contributed by atoms with Gasteiger partial charge in [-0.05, 0) is 55.3 Å². The van der Waals surface area contributed by atoms with Crippen molar-refractivity contribution in [3.63, 3.8) is 0 Å². The lowest BCUT2D eigenvalue weighted by molar-refractivity contribution is -0.116. The van der Waals surface area contributed by atoms with Crippen molar-refractivity contribution in [2.45, 2.75) is 25.5 Å². The van der Waals surface area contributed by atoms with Crippen LogP contribution in [0.1, 0.15) is 23.4 Å². The van der Waals surface area contributed by atoms with Crippen LogP contribution in [0.25, 0.3) is 11.5 Å². The van der Waals surface area contributed by atoms with E-state index in [1.54, 1.807) is 38.3 Å². The Morgan fingerprint density at radius 2 is 1.90 bits per heavy atom. The number of aromatic nitrogens is 1. The van der Waals surface area contributed by atoms with Gasteiger partial charge in [0.15, 0.2) is 9.84 Å². The van der Waals surface area contributed by atoms with Crippen molar-refractivity contribution in [2.75, 3.05) is 12.9 Å². The molecule has 158 valence electrons. The molecule has 0 amide bonds. The summed E-state index contributed by atoms with van der Waals surface area (Å²) < 4.78 is 36.7. The molecule has 0 unspecified atom stereocenters. The van der Waals surface area contributed by atoms with Crippen molar-refractivity contribution in [3.8, 4) is 17.2 Å². The maximum Gasteiger partial charge on any atom is 0.226 e. The van der Waals surface area contributed by atoms with Crippen LogP contribution in [0.4, 0.5) is 0 Å². The number of carbonyl (C=O) groups is 1. The lowest BCUT2D eigenvalue weighted by atomic mass is 10.1. The predicted octanol–water partition coefficient (Wildman–Crippen LogP) is 4.54. The third-order valence-electron chi connectivity index (χ3n) is 4.55. The van der Waals surface area contributed by atoms with Crippen LogP contribution >= 0.6 is 15.9 Å². The van der Waals surface area contributed by atoms with Crippen molar-refractivity contribution < 1.29 is 22.4 Å². The molecule has 0 aliphatic rings. The van der Waals surface area contributed by atoms with Gasteiger partial charge in [-0.2, -0.15) is 0 Å². The molecule has 0 saturated heterocycles. The molecule has 0 aliphatic heterocycles. The number of nitrogens with zero attached hydrogens (tertiary/aromatic N) is 1. The van der Waals surface area contributed by atoms with Gasteiger partial charge in [0.25, 0.3) is 0 Å². The zero-order valence-corrected chi connectivity index (χ0v) is 19.1. The van der Waals surface area contributed by atoms with Crippen LogP contribution in [0.5, 0.6) is 5.75 Å².